The Morgan fingerprint density at radius 2 is 1.76 bits per heavy atom. The molecule has 9 heteroatoms. The van der Waals surface area contributed by atoms with Crippen molar-refractivity contribution in [3.63, 3.8) is 0 Å². The van der Waals surface area contributed by atoms with Gasteiger partial charge in [0.05, 0.1) is 29.4 Å². The molecule has 0 amide bonds. The first-order chi connectivity index (χ1) is 16.2. The molecule has 4 aromatic rings. The van der Waals surface area contributed by atoms with E-state index >= 15 is 0 Å². The molecule has 0 saturated carbocycles. The molecular formula is C24H19ClN4O4. The highest BCUT2D eigenvalue weighted by Crippen LogP contribution is 2.32. The van der Waals surface area contributed by atoms with Crippen LogP contribution >= 0.6 is 11.6 Å². The topological polar surface area (TPSA) is 102 Å². The molecule has 0 aliphatic carbocycles. The Hall–Kier alpha value is -3.46. The van der Waals surface area contributed by atoms with Gasteiger partial charge in [-0.1, -0.05) is 71.4 Å². The van der Waals surface area contributed by atoms with Gasteiger partial charge in [-0.05, 0) is 17.2 Å². The largest absolute Gasteiger partial charge is 0.456 e. The molecular weight excluding hydrogens is 444 g/mol. The fourth-order valence-corrected chi connectivity index (χ4v) is 4.52. The highest BCUT2D eigenvalue weighted by molar-refractivity contribution is 6.33. The smallest absolute Gasteiger partial charge is 0.296 e. The molecule has 2 aromatic heterocycles. The van der Waals surface area contributed by atoms with Crippen LogP contribution in [0.1, 0.15) is 0 Å². The SMILES string of the molecule is O/N=C1/CO[C@H]2[C@@H]1OC[C@H]2Oc1nc2nc(-c3ccc(-c4ccccc4)cc3)c(Cl)cc2[nH]1. The summed E-state index contributed by atoms with van der Waals surface area (Å²) in [6, 6.07) is 20.4. The fourth-order valence-electron chi connectivity index (χ4n) is 4.26. The third-order valence-corrected chi connectivity index (χ3v) is 6.21. The molecule has 33 heavy (non-hydrogen) atoms. The lowest BCUT2D eigenvalue weighted by Gasteiger charge is -2.15. The number of halogens is 1. The Labute approximate surface area is 193 Å². The van der Waals surface area contributed by atoms with Crippen molar-refractivity contribution in [2.24, 2.45) is 5.16 Å². The number of nitrogens with one attached hydrogen (secondary N) is 1. The van der Waals surface area contributed by atoms with Gasteiger partial charge in [0.2, 0.25) is 0 Å². The van der Waals surface area contributed by atoms with E-state index in [4.69, 9.17) is 31.0 Å². The van der Waals surface area contributed by atoms with Gasteiger partial charge in [-0.25, -0.2) is 4.98 Å². The summed E-state index contributed by atoms with van der Waals surface area (Å²) in [5, 5.41) is 12.8. The summed E-state index contributed by atoms with van der Waals surface area (Å²) < 4.78 is 17.3. The number of nitrogens with zero attached hydrogens (tertiary/aromatic N) is 3. The summed E-state index contributed by atoms with van der Waals surface area (Å²) in [5.74, 6) is 0. The number of aromatic amines is 1. The van der Waals surface area contributed by atoms with Crippen molar-refractivity contribution in [2.45, 2.75) is 18.3 Å². The molecule has 2 fully saturated rings. The van der Waals surface area contributed by atoms with Crippen molar-refractivity contribution in [2.75, 3.05) is 13.2 Å². The Kier molecular flexibility index (Phi) is 4.98. The summed E-state index contributed by atoms with van der Waals surface area (Å²) in [4.78, 5) is 12.3. The molecule has 2 saturated heterocycles. The van der Waals surface area contributed by atoms with Crippen LogP contribution in [0.5, 0.6) is 6.01 Å². The van der Waals surface area contributed by atoms with Crippen LogP contribution in [-0.2, 0) is 9.47 Å². The van der Waals surface area contributed by atoms with Crippen LogP contribution in [0.4, 0.5) is 0 Å². The molecule has 2 aliphatic heterocycles. The maximum Gasteiger partial charge on any atom is 0.296 e. The maximum absolute atomic E-state index is 9.05. The van der Waals surface area contributed by atoms with E-state index in [1.165, 1.54) is 0 Å². The van der Waals surface area contributed by atoms with E-state index in [-0.39, 0.29) is 18.8 Å². The van der Waals surface area contributed by atoms with Gasteiger partial charge in [-0.2, -0.15) is 4.98 Å². The molecule has 8 nitrogen and oxygen atoms in total. The van der Waals surface area contributed by atoms with Crippen LogP contribution in [0.25, 0.3) is 33.5 Å². The van der Waals surface area contributed by atoms with Crippen molar-refractivity contribution in [1.29, 1.82) is 0 Å². The minimum atomic E-state index is -0.401. The predicted octanol–water partition coefficient (Wildman–Crippen LogP) is 4.32. The molecule has 0 bridgehead atoms. The van der Waals surface area contributed by atoms with Gasteiger partial charge in [0.1, 0.15) is 17.9 Å². The molecule has 3 atom stereocenters. The van der Waals surface area contributed by atoms with Crippen molar-refractivity contribution in [3.8, 4) is 28.4 Å². The summed E-state index contributed by atoms with van der Waals surface area (Å²) in [7, 11) is 0. The van der Waals surface area contributed by atoms with Gasteiger partial charge in [0.25, 0.3) is 6.01 Å². The van der Waals surface area contributed by atoms with Gasteiger partial charge in [-0.3, -0.25) is 0 Å². The molecule has 166 valence electrons. The number of hydrogen-bond acceptors (Lipinski definition) is 7. The zero-order chi connectivity index (χ0) is 22.4. The number of oxime groups is 1. The van der Waals surface area contributed by atoms with Crippen LogP contribution in [0, 0.1) is 0 Å². The van der Waals surface area contributed by atoms with E-state index in [0.717, 1.165) is 16.7 Å². The van der Waals surface area contributed by atoms with Crippen molar-refractivity contribution >= 4 is 28.5 Å². The van der Waals surface area contributed by atoms with Crippen molar-refractivity contribution < 1.29 is 19.4 Å². The second kappa shape index (κ2) is 8.15. The highest BCUT2D eigenvalue weighted by Gasteiger charge is 2.48. The zero-order valence-electron chi connectivity index (χ0n) is 17.3. The summed E-state index contributed by atoms with van der Waals surface area (Å²) >= 11 is 6.55. The number of hydrogen-bond donors (Lipinski definition) is 2. The number of fused-ring (bicyclic) bond motifs is 2. The van der Waals surface area contributed by atoms with Crippen molar-refractivity contribution in [3.05, 3.63) is 65.7 Å². The number of pyridine rings is 1. The normalized spacial score (nSPS) is 23.3. The fraction of sp³-hybridized carbons (Fsp3) is 0.208. The zero-order valence-corrected chi connectivity index (χ0v) is 18.1. The van der Waals surface area contributed by atoms with E-state index in [9.17, 15) is 0 Å². The highest BCUT2D eigenvalue weighted by atomic mass is 35.5. The molecule has 0 spiro atoms. The van der Waals surface area contributed by atoms with Crippen LogP contribution in [0.3, 0.4) is 0 Å². The first kappa shape index (κ1) is 20.2. The van der Waals surface area contributed by atoms with Crippen LogP contribution in [0.15, 0.2) is 65.8 Å². The van der Waals surface area contributed by atoms with E-state index < -0.39 is 6.10 Å². The lowest BCUT2D eigenvalue weighted by Crippen LogP contribution is -2.33. The quantitative estimate of drug-likeness (QED) is 0.346. The number of benzene rings is 2. The van der Waals surface area contributed by atoms with E-state index in [1.54, 1.807) is 6.07 Å². The number of aromatic nitrogens is 3. The molecule has 0 radical (unpaired) electrons. The molecule has 0 unspecified atom stereocenters. The van der Waals surface area contributed by atoms with Gasteiger partial charge in [0.15, 0.2) is 11.8 Å². The lowest BCUT2D eigenvalue weighted by molar-refractivity contribution is 0.0280. The van der Waals surface area contributed by atoms with Crippen LogP contribution < -0.4 is 4.74 Å². The number of imidazole rings is 1. The second-order valence-electron chi connectivity index (χ2n) is 7.95. The van der Waals surface area contributed by atoms with Gasteiger partial charge in [0, 0.05) is 5.56 Å². The second-order valence-corrected chi connectivity index (χ2v) is 8.36. The number of rotatable bonds is 4. The minimum Gasteiger partial charge on any atom is -0.456 e. The average molecular weight is 463 g/mol. The number of H-pyrrole nitrogens is 1. The molecule has 2 aromatic carbocycles. The Morgan fingerprint density at radius 3 is 2.55 bits per heavy atom. The van der Waals surface area contributed by atoms with Crippen molar-refractivity contribution in [1.82, 2.24) is 15.0 Å². The van der Waals surface area contributed by atoms with Crippen LogP contribution in [0.2, 0.25) is 5.02 Å². The summed E-state index contributed by atoms with van der Waals surface area (Å²) in [5.41, 5.74) is 5.44. The molecule has 2 N–H and O–H groups in total. The van der Waals surface area contributed by atoms with E-state index in [1.807, 2.05) is 42.5 Å². The minimum absolute atomic E-state index is 0.218. The summed E-state index contributed by atoms with van der Waals surface area (Å²) in [6.45, 7) is 0.522. The third-order valence-electron chi connectivity index (χ3n) is 5.92. The van der Waals surface area contributed by atoms with Gasteiger partial charge in [-0.15, -0.1) is 0 Å². The molecule has 2 aliphatic rings. The standard InChI is InChI=1S/C24H19ClN4O4/c25-16-10-17-23(27-20(16)15-8-6-14(7-9-15)13-4-2-1-3-5-13)28-24(26-17)33-19-12-32-21-18(29-30)11-31-22(19)21/h1-10,19,21-22,30H,11-12H2,(H,26,27,28)/b29-18-/t19-,21-,22-/m1/s1. The lowest BCUT2D eigenvalue weighted by atomic mass is 10.0. The van der Waals surface area contributed by atoms with Crippen LogP contribution in [-0.4, -0.2) is 57.4 Å². The van der Waals surface area contributed by atoms with Gasteiger partial charge < -0.3 is 24.4 Å². The maximum atomic E-state index is 9.05. The predicted molar refractivity (Wildman–Crippen MR) is 123 cm³/mol. The first-order valence-corrected chi connectivity index (χ1v) is 10.9. The number of ether oxygens (including phenoxy) is 3. The van der Waals surface area contributed by atoms with E-state index in [0.29, 0.717) is 40.2 Å². The third kappa shape index (κ3) is 3.62. The first-order valence-electron chi connectivity index (χ1n) is 10.5. The Morgan fingerprint density at radius 1 is 1.00 bits per heavy atom. The van der Waals surface area contributed by atoms with Gasteiger partial charge >= 0.3 is 0 Å². The molecule has 6 rings (SSSR count). The summed E-state index contributed by atoms with van der Waals surface area (Å²) in [6.07, 6.45) is -1.13. The molecule has 4 heterocycles. The average Bonchev–Trinajstić information content (AvgIpc) is 3.55. The Balaban J connectivity index is 1.25. The Bertz CT molecular complexity index is 1340. The van der Waals surface area contributed by atoms with E-state index in [2.05, 4.69) is 32.2 Å². The monoisotopic (exact) mass is 462 g/mol.